The van der Waals surface area contributed by atoms with Crippen LogP contribution in [0.5, 0.6) is 0 Å². The van der Waals surface area contributed by atoms with E-state index >= 15 is 0 Å². The van der Waals surface area contributed by atoms with E-state index < -0.39 is 36.4 Å². The minimum atomic E-state index is -2.74. The van der Waals surface area contributed by atoms with Crippen LogP contribution in [0.4, 0.5) is 0 Å². The van der Waals surface area contributed by atoms with Crippen molar-refractivity contribution in [2.75, 3.05) is 27.2 Å². The minimum absolute atomic E-state index is 0.610. The number of aliphatic hydroxyl groups is 1. The van der Waals surface area contributed by atoms with Gasteiger partial charge in [0.1, 0.15) is 0 Å². The molecule has 0 atom stereocenters. The summed E-state index contributed by atoms with van der Waals surface area (Å²) < 4.78 is 0. The van der Waals surface area contributed by atoms with E-state index in [0.29, 0.717) is 10.0 Å². The first-order valence-corrected chi connectivity index (χ1v) is 11.7. The molecular weight excluding hydrogens is 507 g/mol. The van der Waals surface area contributed by atoms with Gasteiger partial charge >= 0.3 is 17.9 Å². The van der Waals surface area contributed by atoms with Gasteiger partial charge in [-0.25, -0.2) is 4.79 Å². The average Bonchev–Trinajstić information content (AvgIpc) is 3.21. The van der Waals surface area contributed by atoms with Crippen molar-refractivity contribution < 1.29 is 34.8 Å². The third-order valence-corrected chi connectivity index (χ3v) is 6.10. The molecule has 0 spiro atoms. The summed E-state index contributed by atoms with van der Waals surface area (Å²) in [5.74, 6) is -5.02. The Labute approximate surface area is 211 Å². The molecule has 0 aliphatic rings. The molecule has 188 valence electrons. The maximum atomic E-state index is 10.3. The normalized spacial score (nSPS) is 11.3. The monoisotopic (exact) mass is 534 g/mol. The molecule has 1 heterocycles. The van der Waals surface area contributed by atoms with Gasteiger partial charge < -0.3 is 25.3 Å². The maximum absolute atomic E-state index is 10.3. The molecule has 4 N–H and O–H groups in total. The van der Waals surface area contributed by atoms with Gasteiger partial charge in [-0.1, -0.05) is 35.3 Å². The summed E-state index contributed by atoms with van der Waals surface area (Å²) in [4.78, 5) is 36.5. The molecule has 1 aromatic carbocycles. The van der Waals surface area contributed by atoms with Crippen LogP contribution in [-0.4, -0.2) is 80.9 Å². The van der Waals surface area contributed by atoms with Crippen LogP contribution >= 0.6 is 34.5 Å². The molecule has 2 aromatic rings. The van der Waals surface area contributed by atoms with Crippen molar-refractivity contribution in [3.8, 4) is 0 Å². The minimum Gasteiger partial charge on any atom is -0.481 e. The molecule has 0 saturated carbocycles. The Morgan fingerprint density at radius 1 is 0.941 bits per heavy atom. The smallest absolute Gasteiger partial charge is 0.336 e. The zero-order valence-electron chi connectivity index (χ0n) is 18.8. The van der Waals surface area contributed by atoms with Crippen molar-refractivity contribution in [1.29, 1.82) is 0 Å². The first-order chi connectivity index (χ1) is 15.8. The fourth-order valence-corrected chi connectivity index (χ4v) is 3.86. The van der Waals surface area contributed by atoms with E-state index in [9.17, 15) is 14.4 Å². The molecule has 0 saturated heterocycles. The number of carbonyl (C=O) groups is 3. The second-order valence-corrected chi connectivity index (χ2v) is 9.67. The zero-order chi connectivity index (χ0) is 25.9. The van der Waals surface area contributed by atoms with Gasteiger partial charge in [0.15, 0.2) is 5.60 Å². The summed E-state index contributed by atoms with van der Waals surface area (Å²) in [5.41, 5.74) is -1.54. The van der Waals surface area contributed by atoms with Gasteiger partial charge in [0, 0.05) is 31.1 Å². The van der Waals surface area contributed by atoms with Gasteiger partial charge in [-0.2, -0.15) is 0 Å². The molecule has 0 fully saturated rings. The Hall–Kier alpha value is -2.21. The van der Waals surface area contributed by atoms with Crippen LogP contribution in [0.25, 0.3) is 0 Å². The van der Waals surface area contributed by atoms with Gasteiger partial charge in [0.2, 0.25) is 0 Å². The molecule has 12 heteroatoms. The number of benzene rings is 1. The third kappa shape index (κ3) is 11.3. The first kappa shape index (κ1) is 29.8. The zero-order valence-corrected chi connectivity index (χ0v) is 21.1. The van der Waals surface area contributed by atoms with Crippen molar-refractivity contribution >= 4 is 52.4 Å². The summed E-state index contributed by atoms with van der Waals surface area (Å²) in [6, 6.07) is 10.2. The van der Waals surface area contributed by atoms with E-state index in [2.05, 4.69) is 41.4 Å². The predicted molar refractivity (Wildman–Crippen MR) is 131 cm³/mol. The molecule has 34 heavy (non-hydrogen) atoms. The SMILES string of the molecule is CN(C)CCN(Cc1ccc(Cl)c(Cl)c1)Cc1cccs1.O=C(O)CC(O)(CC(=O)O)C(=O)O. The molecule has 0 bridgehead atoms. The van der Waals surface area contributed by atoms with Crippen molar-refractivity contribution in [1.82, 2.24) is 9.80 Å². The summed E-state index contributed by atoms with van der Waals surface area (Å²) in [6.45, 7) is 3.90. The van der Waals surface area contributed by atoms with Crippen LogP contribution in [0.2, 0.25) is 10.0 Å². The lowest BCUT2D eigenvalue weighted by Gasteiger charge is -2.24. The van der Waals surface area contributed by atoms with Crippen molar-refractivity contribution in [2.45, 2.75) is 31.5 Å². The average molecular weight is 535 g/mol. The molecule has 2 rings (SSSR count). The van der Waals surface area contributed by atoms with E-state index in [1.54, 1.807) is 11.3 Å². The Morgan fingerprint density at radius 2 is 1.56 bits per heavy atom. The van der Waals surface area contributed by atoms with E-state index in [4.69, 9.17) is 43.6 Å². The van der Waals surface area contributed by atoms with Crippen LogP contribution in [0, 0.1) is 0 Å². The number of aliphatic carboxylic acids is 3. The largest absolute Gasteiger partial charge is 0.481 e. The lowest BCUT2D eigenvalue weighted by molar-refractivity contribution is -0.170. The Kier molecular flexibility index (Phi) is 12.5. The van der Waals surface area contributed by atoms with Crippen molar-refractivity contribution in [2.24, 2.45) is 0 Å². The fraction of sp³-hybridized carbons (Fsp3) is 0.409. The lowest BCUT2D eigenvalue weighted by Crippen LogP contribution is -2.42. The van der Waals surface area contributed by atoms with E-state index in [1.165, 1.54) is 10.4 Å². The van der Waals surface area contributed by atoms with Crippen molar-refractivity contribution in [3.63, 3.8) is 0 Å². The quantitative estimate of drug-likeness (QED) is 0.322. The van der Waals surface area contributed by atoms with Crippen LogP contribution in [0.1, 0.15) is 23.3 Å². The van der Waals surface area contributed by atoms with Crippen LogP contribution < -0.4 is 0 Å². The molecule has 0 radical (unpaired) electrons. The maximum Gasteiger partial charge on any atom is 0.336 e. The molecule has 0 aliphatic carbocycles. The van der Waals surface area contributed by atoms with Gasteiger partial charge in [-0.05, 0) is 43.2 Å². The number of nitrogens with zero attached hydrogens (tertiary/aromatic N) is 2. The van der Waals surface area contributed by atoms with E-state index in [1.807, 2.05) is 18.2 Å². The molecule has 0 unspecified atom stereocenters. The van der Waals surface area contributed by atoms with Crippen molar-refractivity contribution in [3.05, 3.63) is 56.2 Å². The fourth-order valence-electron chi connectivity index (χ4n) is 2.79. The molecule has 9 nitrogen and oxygen atoms in total. The van der Waals surface area contributed by atoms with Crippen LogP contribution in [0.15, 0.2) is 35.7 Å². The standard InChI is InChI=1S/C16H20Cl2N2S.C6H8O7/c1-19(2)7-8-20(12-14-4-3-9-21-14)11-13-5-6-15(17)16(18)10-13;7-3(8)1-6(13,5(11)12)2-4(9)10/h3-6,9-10H,7-8,11-12H2,1-2H3;13H,1-2H2,(H,7,8)(H,9,10)(H,11,12). The number of rotatable bonds is 12. The summed E-state index contributed by atoms with van der Waals surface area (Å²) in [7, 11) is 4.20. The van der Waals surface area contributed by atoms with E-state index in [-0.39, 0.29) is 0 Å². The second-order valence-electron chi connectivity index (χ2n) is 7.82. The Balaban J connectivity index is 0.000000385. The van der Waals surface area contributed by atoms with E-state index in [0.717, 1.165) is 26.2 Å². The number of carboxylic acid groups (broad SMARTS) is 3. The lowest BCUT2D eigenvalue weighted by atomic mass is 9.96. The number of hydrogen-bond donors (Lipinski definition) is 4. The highest BCUT2D eigenvalue weighted by Gasteiger charge is 2.40. The first-order valence-electron chi connectivity index (χ1n) is 10.0. The van der Waals surface area contributed by atoms with Crippen LogP contribution in [0.3, 0.4) is 0 Å². The highest BCUT2D eigenvalue weighted by molar-refractivity contribution is 7.09. The topological polar surface area (TPSA) is 139 Å². The summed E-state index contributed by atoms with van der Waals surface area (Å²) in [5, 5.41) is 37.2. The van der Waals surface area contributed by atoms with Gasteiger partial charge in [0.05, 0.1) is 22.9 Å². The Bertz CT molecular complexity index is 939. The number of halogens is 2. The molecular formula is C22H28Cl2N2O7S. The predicted octanol–water partition coefficient (Wildman–Crippen LogP) is 3.37. The molecule has 1 aromatic heterocycles. The van der Waals surface area contributed by atoms with Gasteiger partial charge in [-0.15, -0.1) is 11.3 Å². The highest BCUT2D eigenvalue weighted by atomic mass is 35.5. The molecule has 0 amide bonds. The second kappa shape index (κ2) is 14.2. The number of hydrogen-bond acceptors (Lipinski definition) is 7. The molecule has 0 aliphatic heterocycles. The van der Waals surface area contributed by atoms with Gasteiger partial charge in [-0.3, -0.25) is 14.5 Å². The summed E-state index contributed by atoms with van der Waals surface area (Å²) >= 11 is 13.9. The highest BCUT2D eigenvalue weighted by Crippen LogP contribution is 2.24. The Morgan fingerprint density at radius 3 is 2.00 bits per heavy atom. The third-order valence-electron chi connectivity index (χ3n) is 4.50. The van der Waals surface area contributed by atoms with Crippen LogP contribution in [-0.2, 0) is 27.5 Å². The summed E-state index contributed by atoms with van der Waals surface area (Å²) in [6.07, 6.45) is -2.29. The number of thiophene rings is 1. The number of carboxylic acids is 3. The number of likely N-dealkylation sites (N-methyl/N-ethyl adjacent to an activating group) is 1. The van der Waals surface area contributed by atoms with Gasteiger partial charge in [0.25, 0.3) is 0 Å².